The number of rotatable bonds is 6. The summed E-state index contributed by atoms with van der Waals surface area (Å²) in [6, 6.07) is 5.39. The Balaban J connectivity index is 2.57. The highest BCUT2D eigenvalue weighted by Crippen LogP contribution is 2.48. The topological polar surface area (TPSA) is 76.1 Å². The number of nitrogens with zero attached hydrogens (tertiary/aromatic N) is 1. The summed E-state index contributed by atoms with van der Waals surface area (Å²) in [5.74, 6) is -0.441. The normalized spacial score (nSPS) is 21.9. The van der Waals surface area contributed by atoms with Crippen molar-refractivity contribution in [3.63, 3.8) is 0 Å². The molecule has 1 aliphatic rings. The molecule has 1 saturated heterocycles. The van der Waals surface area contributed by atoms with Gasteiger partial charge in [-0.3, -0.25) is 0 Å². The van der Waals surface area contributed by atoms with Crippen molar-refractivity contribution in [2.75, 3.05) is 19.8 Å². The van der Waals surface area contributed by atoms with Gasteiger partial charge in [0.1, 0.15) is 0 Å². The van der Waals surface area contributed by atoms with Crippen LogP contribution in [-0.4, -0.2) is 56.2 Å². The lowest BCUT2D eigenvalue weighted by Gasteiger charge is -2.39. The molecule has 1 aromatic rings. The average Bonchev–Trinajstić information content (AvgIpc) is 3.06. The summed E-state index contributed by atoms with van der Waals surface area (Å²) in [5.41, 5.74) is 2.27. The molecule has 2 rings (SSSR count). The first-order valence-corrected chi connectivity index (χ1v) is 14.8. The van der Waals surface area contributed by atoms with E-state index in [2.05, 4.69) is 54.6 Å². The zero-order valence-electron chi connectivity index (χ0n) is 22.1. The highest BCUT2D eigenvalue weighted by atomic mass is 28.4. The van der Waals surface area contributed by atoms with Crippen molar-refractivity contribution in [3.05, 3.63) is 34.9 Å². The Hall–Kier alpha value is -1.86. The molecule has 1 aliphatic heterocycles. The van der Waals surface area contributed by atoms with Crippen LogP contribution >= 0.6 is 0 Å². The van der Waals surface area contributed by atoms with Gasteiger partial charge >= 0.3 is 12.1 Å². The number of likely N-dealkylation sites (tertiary alicyclic amines) is 1. The van der Waals surface area contributed by atoms with Crippen molar-refractivity contribution in [2.24, 2.45) is 11.3 Å². The summed E-state index contributed by atoms with van der Waals surface area (Å²) in [6.45, 7) is 22.4. The van der Waals surface area contributed by atoms with E-state index >= 15 is 0 Å². The van der Waals surface area contributed by atoms with E-state index in [0.29, 0.717) is 25.3 Å². The predicted octanol–water partition coefficient (Wildman–Crippen LogP) is 6.30. The Kier molecular flexibility index (Phi) is 8.12. The third-order valence-corrected chi connectivity index (χ3v) is 11.9. The monoisotopic (exact) mass is 477 g/mol. The van der Waals surface area contributed by atoms with Crippen LogP contribution in [0.25, 0.3) is 0 Å². The van der Waals surface area contributed by atoms with Gasteiger partial charge in [-0.2, -0.15) is 0 Å². The van der Waals surface area contributed by atoms with E-state index in [1.54, 1.807) is 17.9 Å². The molecule has 0 bridgehead atoms. The lowest BCUT2D eigenvalue weighted by molar-refractivity contribution is 0.0526. The van der Waals surface area contributed by atoms with E-state index in [9.17, 15) is 14.7 Å². The number of hydrogen-bond acceptors (Lipinski definition) is 4. The molecule has 3 atom stereocenters. The largest absolute Gasteiger partial charge is 0.465 e. The Morgan fingerprint density at radius 1 is 1.15 bits per heavy atom. The van der Waals surface area contributed by atoms with Crippen LogP contribution in [0.4, 0.5) is 4.79 Å². The Bertz CT molecular complexity index is 868. The summed E-state index contributed by atoms with van der Waals surface area (Å²) < 4.78 is 11.8. The summed E-state index contributed by atoms with van der Waals surface area (Å²) in [7, 11) is -2.01. The van der Waals surface area contributed by atoms with Crippen molar-refractivity contribution in [3.8, 4) is 0 Å². The molecule has 33 heavy (non-hydrogen) atoms. The van der Waals surface area contributed by atoms with Gasteiger partial charge in [0.2, 0.25) is 0 Å². The molecule has 0 spiro atoms. The third-order valence-electron chi connectivity index (χ3n) is 7.36. The summed E-state index contributed by atoms with van der Waals surface area (Å²) >= 11 is 0. The fraction of sp³-hybridized carbons (Fsp3) is 0.692. The van der Waals surface area contributed by atoms with Gasteiger partial charge in [0.15, 0.2) is 8.32 Å². The van der Waals surface area contributed by atoms with Crippen LogP contribution in [0.15, 0.2) is 18.2 Å². The quantitative estimate of drug-likeness (QED) is 0.384. The molecule has 1 heterocycles. The van der Waals surface area contributed by atoms with Gasteiger partial charge in [-0.15, -0.1) is 0 Å². The lowest BCUT2D eigenvalue weighted by atomic mass is 9.72. The van der Waals surface area contributed by atoms with E-state index in [1.807, 2.05) is 19.1 Å². The number of hydrogen-bond donors (Lipinski definition) is 1. The molecule has 1 N–H and O–H groups in total. The predicted molar refractivity (Wildman–Crippen MR) is 134 cm³/mol. The second kappa shape index (κ2) is 9.78. The minimum atomic E-state index is -2.01. The van der Waals surface area contributed by atoms with Gasteiger partial charge in [0.05, 0.1) is 12.2 Å². The number of benzene rings is 1. The molecule has 0 aromatic heterocycles. The maximum Gasteiger partial charge on any atom is 0.407 e. The second-order valence-electron chi connectivity index (χ2n) is 11.9. The van der Waals surface area contributed by atoms with Crippen molar-refractivity contribution < 1.29 is 23.9 Å². The zero-order chi connectivity index (χ0) is 25.4. The first-order valence-electron chi connectivity index (χ1n) is 11.9. The Labute approximate surface area is 200 Å². The Morgan fingerprint density at radius 3 is 2.24 bits per heavy atom. The maximum atomic E-state index is 12.5. The van der Waals surface area contributed by atoms with E-state index in [1.165, 1.54) is 0 Å². The van der Waals surface area contributed by atoms with Gasteiger partial charge in [-0.25, -0.2) is 9.59 Å². The fourth-order valence-electron chi connectivity index (χ4n) is 4.59. The third kappa shape index (κ3) is 5.99. The number of carbonyl (C=O) groups excluding carboxylic acids is 1. The summed E-state index contributed by atoms with van der Waals surface area (Å²) in [5, 5.41) is 10.2. The van der Waals surface area contributed by atoms with Crippen molar-refractivity contribution in [1.82, 2.24) is 4.90 Å². The lowest BCUT2D eigenvalue weighted by Crippen LogP contribution is -2.45. The van der Waals surface area contributed by atoms with E-state index in [-0.39, 0.29) is 34.3 Å². The van der Waals surface area contributed by atoms with Crippen LogP contribution in [0.2, 0.25) is 18.1 Å². The van der Waals surface area contributed by atoms with Crippen LogP contribution in [0.5, 0.6) is 0 Å². The molecular formula is C26H43NO5Si. The highest BCUT2D eigenvalue weighted by Gasteiger charge is 2.51. The van der Waals surface area contributed by atoms with Crippen LogP contribution in [0.3, 0.4) is 0 Å². The first-order chi connectivity index (χ1) is 15.0. The fourth-order valence-corrected chi connectivity index (χ4v) is 5.65. The smallest absolute Gasteiger partial charge is 0.407 e. The molecule has 1 fully saturated rings. The number of ether oxygens (including phenoxy) is 1. The Morgan fingerprint density at radius 2 is 1.76 bits per heavy atom. The van der Waals surface area contributed by atoms with Gasteiger partial charge in [0, 0.05) is 31.0 Å². The molecule has 6 nitrogen and oxygen atoms in total. The average molecular weight is 478 g/mol. The highest BCUT2D eigenvalue weighted by molar-refractivity contribution is 6.74. The molecule has 186 valence electrons. The summed E-state index contributed by atoms with van der Waals surface area (Å²) in [4.78, 5) is 26.4. The number of aryl methyl sites for hydroxylation is 1. The first kappa shape index (κ1) is 27.4. The zero-order valence-corrected chi connectivity index (χ0v) is 23.1. The molecule has 0 aliphatic carbocycles. The van der Waals surface area contributed by atoms with Crippen LogP contribution in [0, 0.1) is 18.3 Å². The van der Waals surface area contributed by atoms with E-state index in [4.69, 9.17) is 9.16 Å². The van der Waals surface area contributed by atoms with Crippen LogP contribution in [0.1, 0.15) is 75.9 Å². The molecule has 1 unspecified atom stereocenters. The number of esters is 1. The van der Waals surface area contributed by atoms with Gasteiger partial charge in [-0.05, 0) is 60.7 Å². The SMILES string of the molecule is CCOC(=O)c1ccc(C)c([C@@H]2C(C(C)(C)C)N(C(=O)O)C[C@H]2CO[Si](C)(C)C(C)(C)C)c1. The molecule has 1 aromatic carbocycles. The minimum Gasteiger partial charge on any atom is -0.465 e. The van der Waals surface area contributed by atoms with E-state index < -0.39 is 14.4 Å². The van der Waals surface area contributed by atoms with Crippen molar-refractivity contribution in [2.45, 2.75) is 85.5 Å². The maximum absolute atomic E-state index is 12.5. The van der Waals surface area contributed by atoms with Crippen molar-refractivity contribution >= 4 is 20.4 Å². The van der Waals surface area contributed by atoms with Gasteiger partial charge < -0.3 is 19.2 Å². The molecule has 0 radical (unpaired) electrons. The van der Waals surface area contributed by atoms with Crippen molar-refractivity contribution in [1.29, 1.82) is 0 Å². The molecule has 1 amide bonds. The number of carboxylic acid groups (broad SMARTS) is 1. The van der Waals surface area contributed by atoms with E-state index in [0.717, 1.165) is 11.1 Å². The van der Waals surface area contributed by atoms with Gasteiger partial charge in [-0.1, -0.05) is 47.6 Å². The molecule has 0 saturated carbocycles. The second-order valence-corrected chi connectivity index (χ2v) is 16.7. The van der Waals surface area contributed by atoms with Crippen LogP contribution in [-0.2, 0) is 9.16 Å². The number of carbonyl (C=O) groups is 2. The standard InChI is InChI=1S/C26H43NO5Si/c1-11-31-23(28)18-13-12-17(2)20(14-18)21-19(16-32-33(9,10)26(6,7)8)15-27(24(29)30)22(21)25(3,4)5/h12-14,19,21-22H,11,15-16H2,1-10H3,(H,29,30)/t19-,21+,22?/m0/s1. The molecular weight excluding hydrogens is 434 g/mol. The summed E-state index contributed by atoms with van der Waals surface area (Å²) in [6.07, 6.45) is -0.908. The van der Waals surface area contributed by atoms with Crippen LogP contribution < -0.4 is 0 Å². The molecule has 7 heteroatoms. The number of amides is 1. The van der Waals surface area contributed by atoms with Gasteiger partial charge in [0.25, 0.3) is 0 Å². The minimum absolute atomic E-state index is 0.00408.